The molecule has 0 bridgehead atoms. The second kappa shape index (κ2) is 32.3. The largest absolute Gasteiger partial charge is 0.499 e. The van der Waals surface area contributed by atoms with Crippen molar-refractivity contribution in [1.29, 1.82) is 0 Å². The Morgan fingerprint density at radius 3 is 1.42 bits per heavy atom. The van der Waals surface area contributed by atoms with E-state index in [1.54, 1.807) is 0 Å². The Morgan fingerprint density at radius 1 is 0.620 bits per heavy atom. The fraction of sp³-hybridized carbons (Fsp3) is 0.786. The zero-order chi connectivity index (χ0) is 36.5. The van der Waals surface area contributed by atoms with Crippen molar-refractivity contribution in [3.8, 4) is 0 Å². The molecule has 1 rings (SSSR count). The van der Waals surface area contributed by atoms with Gasteiger partial charge in [0.1, 0.15) is 0 Å². The van der Waals surface area contributed by atoms with Crippen LogP contribution in [0, 0.1) is 0 Å². The molecule has 1 heterocycles. The lowest BCUT2D eigenvalue weighted by Crippen LogP contribution is -2.37. The molecule has 0 amide bonds. The third kappa shape index (κ3) is 23.7. The molecule has 0 fully saturated rings. The zero-order valence-electron chi connectivity index (χ0n) is 31.8. The van der Waals surface area contributed by atoms with Gasteiger partial charge < -0.3 is 24.4 Å². The topological polar surface area (TPSA) is 119 Å². The molecule has 0 aromatic heterocycles. The van der Waals surface area contributed by atoms with E-state index in [4.69, 9.17) is 14.2 Å². The number of allylic oxidation sites excluding steroid dienone is 4. The molecular weight excluding hydrogens is 632 g/mol. The quantitative estimate of drug-likeness (QED) is 0.0294. The van der Waals surface area contributed by atoms with Crippen molar-refractivity contribution in [2.24, 2.45) is 0 Å². The lowest BCUT2D eigenvalue weighted by Gasteiger charge is -2.22. The number of hydrogen-bond donors (Lipinski definition) is 2. The van der Waals surface area contributed by atoms with Gasteiger partial charge in [-0.1, -0.05) is 141 Å². The molecule has 0 aliphatic carbocycles. The average molecular weight is 705 g/mol. The average Bonchev–Trinajstić information content (AvgIpc) is 3.38. The molecule has 8 heteroatoms. The number of ether oxygens (including phenoxy) is 3. The number of rotatable bonds is 34. The highest BCUT2D eigenvalue weighted by Gasteiger charge is 2.44. The maximum Gasteiger partial charge on any atom is 0.378 e. The number of hydrogen-bond acceptors (Lipinski definition) is 8. The van der Waals surface area contributed by atoms with Crippen molar-refractivity contribution < 1.29 is 38.8 Å². The molecule has 2 N–H and O–H groups in total. The molecule has 2 atom stereocenters. The van der Waals surface area contributed by atoms with Crippen molar-refractivity contribution in [3.63, 3.8) is 0 Å². The summed E-state index contributed by atoms with van der Waals surface area (Å²) in [5, 5.41) is 20.1. The molecule has 0 saturated carbocycles. The van der Waals surface area contributed by atoms with Gasteiger partial charge in [0.25, 0.3) is 0 Å². The molecule has 0 unspecified atom stereocenters. The Bertz CT molecular complexity index is 969. The monoisotopic (exact) mass is 705 g/mol. The van der Waals surface area contributed by atoms with Crippen LogP contribution in [0.3, 0.4) is 0 Å². The van der Waals surface area contributed by atoms with Gasteiger partial charge in [0.2, 0.25) is 17.6 Å². The maximum absolute atomic E-state index is 12.5. The van der Waals surface area contributed by atoms with E-state index in [2.05, 4.69) is 38.2 Å². The van der Waals surface area contributed by atoms with E-state index >= 15 is 0 Å². The fourth-order valence-electron chi connectivity index (χ4n) is 6.09. The zero-order valence-corrected chi connectivity index (χ0v) is 31.8. The predicted molar refractivity (Wildman–Crippen MR) is 201 cm³/mol. The predicted octanol–water partition coefficient (Wildman–Crippen LogP) is 11.2. The van der Waals surface area contributed by atoms with Gasteiger partial charge in [-0.2, -0.15) is 0 Å². The van der Waals surface area contributed by atoms with Crippen LogP contribution in [0.4, 0.5) is 0 Å². The molecule has 0 radical (unpaired) electrons. The summed E-state index contributed by atoms with van der Waals surface area (Å²) in [6.07, 6.45) is 36.7. The highest BCUT2D eigenvalue weighted by Crippen LogP contribution is 2.27. The number of carbonyl (C=O) groups is 3. The van der Waals surface area contributed by atoms with Crippen molar-refractivity contribution in [1.82, 2.24) is 0 Å². The Labute approximate surface area is 304 Å². The van der Waals surface area contributed by atoms with Crippen molar-refractivity contribution in [2.45, 2.75) is 206 Å². The summed E-state index contributed by atoms with van der Waals surface area (Å²) >= 11 is 0. The molecule has 50 heavy (non-hydrogen) atoms. The normalized spacial score (nSPS) is 15.3. The van der Waals surface area contributed by atoms with Crippen LogP contribution >= 0.6 is 0 Å². The third-order valence-corrected chi connectivity index (χ3v) is 9.23. The maximum atomic E-state index is 12.5. The Morgan fingerprint density at radius 2 is 1.00 bits per heavy atom. The van der Waals surface area contributed by atoms with Crippen LogP contribution in [0.25, 0.3) is 0 Å². The van der Waals surface area contributed by atoms with E-state index in [0.717, 1.165) is 70.6 Å². The van der Waals surface area contributed by atoms with Gasteiger partial charge in [-0.3, -0.25) is 9.59 Å². The molecule has 0 aromatic carbocycles. The van der Waals surface area contributed by atoms with Gasteiger partial charge >= 0.3 is 17.9 Å². The lowest BCUT2D eigenvalue weighted by atomic mass is 10.1. The summed E-state index contributed by atoms with van der Waals surface area (Å²) in [6.45, 7) is 3.83. The van der Waals surface area contributed by atoms with E-state index in [1.807, 2.05) is 0 Å². The highest BCUT2D eigenvalue weighted by molar-refractivity contribution is 5.90. The van der Waals surface area contributed by atoms with Gasteiger partial charge in [-0.05, 0) is 64.2 Å². The summed E-state index contributed by atoms with van der Waals surface area (Å²) in [6, 6.07) is 0. The van der Waals surface area contributed by atoms with Crippen LogP contribution in [-0.2, 0) is 28.6 Å². The van der Waals surface area contributed by atoms with Gasteiger partial charge in [0.15, 0.2) is 6.10 Å². The summed E-state index contributed by atoms with van der Waals surface area (Å²) in [5.74, 6) is -3.46. The van der Waals surface area contributed by atoms with Crippen molar-refractivity contribution in [3.05, 3.63) is 35.8 Å². The van der Waals surface area contributed by atoms with Crippen LogP contribution < -0.4 is 0 Å². The van der Waals surface area contributed by atoms with E-state index in [0.29, 0.717) is 12.8 Å². The van der Waals surface area contributed by atoms with Gasteiger partial charge in [0, 0.05) is 12.8 Å². The summed E-state index contributed by atoms with van der Waals surface area (Å²) in [4.78, 5) is 37.1. The van der Waals surface area contributed by atoms with E-state index in [9.17, 15) is 24.6 Å². The third-order valence-electron chi connectivity index (χ3n) is 9.23. The Hall–Kier alpha value is -2.61. The molecular formula is C42H72O8. The molecule has 0 aromatic rings. The second-order valence-electron chi connectivity index (χ2n) is 13.9. The summed E-state index contributed by atoms with van der Waals surface area (Å²) in [5.41, 5.74) is 0. The van der Waals surface area contributed by atoms with Crippen LogP contribution in [0.1, 0.15) is 194 Å². The van der Waals surface area contributed by atoms with Crippen LogP contribution in [-0.4, -0.2) is 46.9 Å². The molecule has 0 saturated heterocycles. The number of cyclic esters (lactones) is 1. The second-order valence-corrected chi connectivity index (χ2v) is 13.9. The van der Waals surface area contributed by atoms with Crippen LogP contribution in [0.5, 0.6) is 0 Å². The number of unbranched alkanes of at least 4 members (excludes halogenated alkanes) is 22. The first-order valence-electron chi connectivity index (χ1n) is 20.4. The number of esters is 3. The van der Waals surface area contributed by atoms with Crippen LogP contribution in [0.15, 0.2) is 35.8 Å². The van der Waals surface area contributed by atoms with E-state index < -0.39 is 48.2 Å². The van der Waals surface area contributed by atoms with Crippen LogP contribution in [0.2, 0.25) is 0 Å². The first kappa shape index (κ1) is 45.4. The minimum atomic E-state index is -1.37. The van der Waals surface area contributed by atoms with E-state index in [-0.39, 0.29) is 12.8 Å². The van der Waals surface area contributed by atoms with Crippen molar-refractivity contribution in [2.75, 3.05) is 6.61 Å². The smallest absolute Gasteiger partial charge is 0.378 e. The standard InChI is InChI=1S/C42H72O8/c1-3-5-7-9-11-13-15-17-19-21-23-25-27-29-31-33-37(44)48-36(35-43)40-41(39(46)42(47)50-40)49-38(45)34-32-30-28-26-24-22-20-18-16-14-12-10-8-6-4-2/h17-20,36,40,43,46H,3-16,21-35H2,1-2H3/b19-17-,20-18-/t36-,40+/m0/s1. The minimum absolute atomic E-state index is 0.120. The first-order valence-corrected chi connectivity index (χ1v) is 20.4. The van der Waals surface area contributed by atoms with Gasteiger partial charge in [-0.25, -0.2) is 4.79 Å². The number of aliphatic hydroxyl groups is 2. The fourth-order valence-corrected chi connectivity index (χ4v) is 6.09. The summed E-state index contributed by atoms with van der Waals surface area (Å²) < 4.78 is 15.8. The summed E-state index contributed by atoms with van der Waals surface area (Å²) in [7, 11) is 0. The van der Waals surface area contributed by atoms with Gasteiger partial charge in [0.05, 0.1) is 6.61 Å². The molecule has 1 aliphatic heterocycles. The highest BCUT2D eigenvalue weighted by atomic mass is 16.6. The molecule has 288 valence electrons. The number of aliphatic hydroxyl groups excluding tert-OH is 2. The molecule has 1 aliphatic rings. The first-order chi connectivity index (χ1) is 24.4. The van der Waals surface area contributed by atoms with Crippen molar-refractivity contribution >= 4 is 17.9 Å². The number of carbonyl (C=O) groups excluding carboxylic acids is 3. The minimum Gasteiger partial charge on any atom is -0.499 e. The molecule has 0 spiro atoms. The lowest BCUT2D eigenvalue weighted by molar-refractivity contribution is -0.166. The Balaban J connectivity index is 2.20. The van der Waals surface area contributed by atoms with E-state index in [1.165, 1.54) is 83.5 Å². The molecule has 8 nitrogen and oxygen atoms in total. The Kier molecular flexibility index (Phi) is 29.3. The van der Waals surface area contributed by atoms with Gasteiger partial charge in [-0.15, -0.1) is 0 Å². The SMILES string of the molecule is CCCCCCCC/C=C\CCCCCCCC(=O)OC1=C(O)C(=O)O[C@@H]1[C@H](CO)OC(=O)CCCCCCC/C=C\CCCCCCCC.